The first-order valence-corrected chi connectivity index (χ1v) is 9.62. The molecule has 2 aromatic carbocycles. The van der Waals surface area contributed by atoms with E-state index in [0.29, 0.717) is 23.6 Å². The second kappa shape index (κ2) is 8.93. The number of hydrogen-bond acceptors (Lipinski definition) is 3. The smallest absolute Gasteiger partial charge is 0.228 e. The molecular formula is C22H24ClN3O2. The van der Waals surface area contributed by atoms with Gasteiger partial charge >= 0.3 is 0 Å². The van der Waals surface area contributed by atoms with Crippen molar-refractivity contribution in [3.63, 3.8) is 0 Å². The Hall–Kier alpha value is -2.79. The fourth-order valence-corrected chi connectivity index (χ4v) is 3.44. The van der Waals surface area contributed by atoms with Crippen molar-refractivity contribution in [3.05, 3.63) is 65.7 Å². The molecule has 0 spiro atoms. The predicted octanol–water partition coefficient (Wildman–Crippen LogP) is 4.57. The Bertz CT molecular complexity index is 878. The van der Waals surface area contributed by atoms with Crippen LogP contribution >= 0.6 is 11.6 Å². The minimum absolute atomic E-state index is 0.152. The summed E-state index contributed by atoms with van der Waals surface area (Å²) in [6, 6.07) is 14.7. The molecule has 28 heavy (non-hydrogen) atoms. The highest BCUT2D eigenvalue weighted by atomic mass is 35.5. The van der Waals surface area contributed by atoms with Crippen molar-refractivity contribution < 1.29 is 9.59 Å². The Morgan fingerprint density at radius 1 is 0.893 bits per heavy atom. The van der Waals surface area contributed by atoms with Crippen LogP contribution in [0.4, 0.5) is 17.1 Å². The first-order valence-electron chi connectivity index (χ1n) is 9.24. The molecule has 3 rings (SSSR count). The molecule has 2 amide bonds. The van der Waals surface area contributed by atoms with E-state index in [0.717, 1.165) is 11.4 Å². The van der Waals surface area contributed by atoms with Crippen LogP contribution in [0.15, 0.2) is 60.7 Å². The number of nitrogens with zero attached hydrogens (tertiary/aromatic N) is 1. The van der Waals surface area contributed by atoms with Crippen molar-refractivity contribution in [2.24, 2.45) is 11.8 Å². The van der Waals surface area contributed by atoms with Gasteiger partial charge in [-0.25, -0.2) is 0 Å². The van der Waals surface area contributed by atoms with E-state index in [1.54, 1.807) is 18.2 Å². The normalized spacial score (nSPS) is 18.4. The quantitative estimate of drug-likeness (QED) is 0.727. The number of anilines is 3. The van der Waals surface area contributed by atoms with E-state index in [1.807, 2.05) is 61.5 Å². The molecule has 5 nitrogen and oxygen atoms in total. The number of nitrogens with one attached hydrogen (secondary N) is 2. The Kier molecular flexibility index (Phi) is 6.37. The van der Waals surface area contributed by atoms with Gasteiger partial charge in [0.1, 0.15) is 0 Å². The molecule has 2 aromatic rings. The van der Waals surface area contributed by atoms with E-state index in [4.69, 9.17) is 11.6 Å². The molecule has 0 aliphatic heterocycles. The molecule has 0 saturated carbocycles. The number of allylic oxidation sites excluding steroid dienone is 2. The molecular weight excluding hydrogens is 374 g/mol. The number of halogens is 1. The van der Waals surface area contributed by atoms with Gasteiger partial charge in [-0.3, -0.25) is 9.59 Å². The minimum Gasteiger partial charge on any atom is -0.378 e. The number of hydrogen-bond donors (Lipinski definition) is 2. The Morgan fingerprint density at radius 2 is 1.46 bits per heavy atom. The van der Waals surface area contributed by atoms with Gasteiger partial charge in [0.05, 0.1) is 22.5 Å². The van der Waals surface area contributed by atoms with E-state index in [2.05, 4.69) is 10.6 Å². The molecule has 0 saturated heterocycles. The Labute approximate surface area is 170 Å². The third-order valence-electron chi connectivity index (χ3n) is 4.89. The third kappa shape index (κ3) is 4.73. The van der Waals surface area contributed by atoms with Crippen molar-refractivity contribution in [1.29, 1.82) is 0 Å². The van der Waals surface area contributed by atoms with Crippen LogP contribution < -0.4 is 15.5 Å². The van der Waals surface area contributed by atoms with Crippen LogP contribution in [0.2, 0.25) is 5.02 Å². The summed E-state index contributed by atoms with van der Waals surface area (Å²) in [5.74, 6) is -1.22. The molecule has 0 bridgehead atoms. The summed E-state index contributed by atoms with van der Waals surface area (Å²) in [4.78, 5) is 27.7. The number of para-hydroxylation sites is 1. The lowest BCUT2D eigenvalue weighted by atomic mass is 9.81. The molecule has 0 radical (unpaired) electrons. The van der Waals surface area contributed by atoms with Crippen molar-refractivity contribution >= 4 is 40.5 Å². The average molecular weight is 398 g/mol. The third-order valence-corrected chi connectivity index (χ3v) is 5.22. The van der Waals surface area contributed by atoms with Crippen molar-refractivity contribution in [2.45, 2.75) is 12.8 Å². The molecule has 1 aliphatic carbocycles. The van der Waals surface area contributed by atoms with Crippen molar-refractivity contribution in [2.75, 3.05) is 29.6 Å². The van der Waals surface area contributed by atoms with Gasteiger partial charge in [-0.1, -0.05) is 35.9 Å². The van der Waals surface area contributed by atoms with Gasteiger partial charge < -0.3 is 15.5 Å². The van der Waals surface area contributed by atoms with Gasteiger partial charge in [0.15, 0.2) is 0 Å². The molecule has 146 valence electrons. The zero-order valence-corrected chi connectivity index (χ0v) is 16.7. The largest absolute Gasteiger partial charge is 0.378 e. The van der Waals surface area contributed by atoms with E-state index in [1.165, 1.54) is 0 Å². The standard InChI is InChI=1S/C22H24ClN3O2/c1-26(2)16-13-11-15(12-14-16)24-21(27)17-7-3-4-8-18(17)22(28)25-20-10-6-5-9-19(20)23/h3-6,9-14,17-18H,7-8H2,1-2H3,(H,24,27)(H,25,28). The number of carbonyl (C=O) groups is 2. The molecule has 6 heteroatoms. The number of rotatable bonds is 5. The number of amides is 2. The van der Waals surface area contributed by atoms with Crippen molar-refractivity contribution in [3.8, 4) is 0 Å². The molecule has 0 fully saturated rings. The van der Waals surface area contributed by atoms with E-state index < -0.39 is 11.8 Å². The fraction of sp³-hybridized carbons (Fsp3) is 0.273. The summed E-state index contributed by atoms with van der Waals surface area (Å²) in [6.07, 6.45) is 4.96. The van der Waals surface area contributed by atoms with Gasteiger partial charge in [0.2, 0.25) is 11.8 Å². The van der Waals surface area contributed by atoms with Gasteiger partial charge in [-0.05, 0) is 49.2 Å². The summed E-state index contributed by atoms with van der Waals surface area (Å²) >= 11 is 6.14. The van der Waals surface area contributed by atoms with Crippen LogP contribution in [0.5, 0.6) is 0 Å². The molecule has 0 aromatic heterocycles. The maximum Gasteiger partial charge on any atom is 0.228 e. The SMILES string of the molecule is CN(C)c1ccc(NC(=O)C2CC=CCC2C(=O)Nc2ccccc2Cl)cc1. The molecule has 2 atom stereocenters. The maximum absolute atomic E-state index is 12.9. The monoisotopic (exact) mass is 397 g/mol. The molecule has 1 aliphatic rings. The summed E-state index contributed by atoms with van der Waals surface area (Å²) in [6.45, 7) is 0. The molecule has 2 N–H and O–H groups in total. The van der Waals surface area contributed by atoms with E-state index in [-0.39, 0.29) is 11.8 Å². The maximum atomic E-state index is 12.9. The summed E-state index contributed by atoms with van der Waals surface area (Å²) in [5, 5.41) is 6.27. The highest BCUT2D eigenvalue weighted by Gasteiger charge is 2.34. The van der Waals surface area contributed by atoms with E-state index in [9.17, 15) is 9.59 Å². The van der Waals surface area contributed by atoms with Crippen LogP contribution in [-0.4, -0.2) is 25.9 Å². The summed E-state index contributed by atoms with van der Waals surface area (Å²) in [7, 11) is 3.92. The van der Waals surface area contributed by atoms with Crippen LogP contribution in [0, 0.1) is 11.8 Å². The second-order valence-corrected chi connectivity index (χ2v) is 7.46. The zero-order valence-electron chi connectivity index (χ0n) is 16.0. The highest BCUT2D eigenvalue weighted by Crippen LogP contribution is 2.30. The van der Waals surface area contributed by atoms with Gasteiger partial charge in [0, 0.05) is 25.5 Å². The second-order valence-electron chi connectivity index (χ2n) is 7.06. The van der Waals surface area contributed by atoms with Crippen molar-refractivity contribution in [1.82, 2.24) is 0 Å². The van der Waals surface area contributed by atoms with E-state index >= 15 is 0 Å². The Morgan fingerprint density at radius 3 is 2.04 bits per heavy atom. The lowest BCUT2D eigenvalue weighted by Gasteiger charge is -2.27. The van der Waals surface area contributed by atoms with Gasteiger partial charge in [-0.15, -0.1) is 0 Å². The fourth-order valence-electron chi connectivity index (χ4n) is 3.26. The first kappa shape index (κ1) is 20.0. The van der Waals surface area contributed by atoms with Gasteiger partial charge in [0.25, 0.3) is 0 Å². The Balaban J connectivity index is 1.70. The van der Waals surface area contributed by atoms with Crippen LogP contribution in [-0.2, 0) is 9.59 Å². The van der Waals surface area contributed by atoms with Gasteiger partial charge in [-0.2, -0.15) is 0 Å². The number of benzene rings is 2. The summed E-state index contributed by atoms with van der Waals surface area (Å²) < 4.78 is 0. The topological polar surface area (TPSA) is 61.4 Å². The highest BCUT2D eigenvalue weighted by molar-refractivity contribution is 6.33. The summed E-state index contributed by atoms with van der Waals surface area (Å²) in [5.41, 5.74) is 2.33. The lowest BCUT2D eigenvalue weighted by Crippen LogP contribution is -2.37. The predicted molar refractivity (Wildman–Crippen MR) is 115 cm³/mol. The average Bonchev–Trinajstić information content (AvgIpc) is 2.70. The molecule has 0 heterocycles. The van der Waals surface area contributed by atoms with Crippen LogP contribution in [0.25, 0.3) is 0 Å². The van der Waals surface area contributed by atoms with Crippen LogP contribution in [0.3, 0.4) is 0 Å². The van der Waals surface area contributed by atoms with Crippen LogP contribution in [0.1, 0.15) is 12.8 Å². The minimum atomic E-state index is -0.442. The zero-order chi connectivity index (χ0) is 20.1. The lowest BCUT2D eigenvalue weighted by molar-refractivity contribution is -0.129. The number of carbonyl (C=O) groups excluding carboxylic acids is 2. The first-order chi connectivity index (χ1) is 13.5. The molecule has 2 unspecified atom stereocenters.